The quantitative estimate of drug-likeness (QED) is 0.0859. The summed E-state index contributed by atoms with van der Waals surface area (Å²) < 4.78 is 18.7. The normalized spacial score (nSPS) is 13.4. The Morgan fingerprint density at radius 1 is 0.686 bits per heavy atom. The Balaban J connectivity index is 1.11. The second kappa shape index (κ2) is 16.8. The van der Waals surface area contributed by atoms with Crippen molar-refractivity contribution in [3.05, 3.63) is 150 Å². The molecule has 2 heterocycles. The summed E-state index contributed by atoms with van der Waals surface area (Å²) in [4.78, 5) is 20.1. The van der Waals surface area contributed by atoms with Crippen LogP contribution in [-0.4, -0.2) is 68.3 Å². The van der Waals surface area contributed by atoms with Crippen LogP contribution >= 0.6 is 11.3 Å². The highest BCUT2D eigenvalue weighted by Crippen LogP contribution is 2.42. The molecule has 1 fully saturated rings. The Morgan fingerprint density at radius 2 is 1.31 bits per heavy atom. The lowest BCUT2D eigenvalue weighted by atomic mass is 9.97. The van der Waals surface area contributed by atoms with Crippen molar-refractivity contribution in [3.8, 4) is 21.9 Å². The fourth-order valence-electron chi connectivity index (χ4n) is 6.34. The Morgan fingerprint density at radius 3 is 1.96 bits per heavy atom. The zero-order valence-corrected chi connectivity index (χ0v) is 29.4. The van der Waals surface area contributed by atoms with Crippen molar-refractivity contribution >= 4 is 32.9 Å². The predicted molar refractivity (Wildman–Crippen MR) is 205 cm³/mol. The van der Waals surface area contributed by atoms with Gasteiger partial charge < -0.3 is 24.2 Å². The molecule has 7 nitrogen and oxygen atoms in total. The molecule has 1 saturated heterocycles. The molecule has 5 aromatic carbocycles. The van der Waals surface area contributed by atoms with Crippen molar-refractivity contribution in [2.45, 2.75) is 13.2 Å². The molecule has 8 heteroatoms. The van der Waals surface area contributed by atoms with Gasteiger partial charge in [-0.25, -0.2) is 0 Å². The zero-order chi connectivity index (χ0) is 34.8. The second-order valence-corrected chi connectivity index (χ2v) is 13.6. The van der Waals surface area contributed by atoms with Gasteiger partial charge in [-0.15, -0.1) is 11.3 Å². The first-order chi connectivity index (χ1) is 25.1. The van der Waals surface area contributed by atoms with Gasteiger partial charge >= 0.3 is 0 Å². The number of ketones is 1. The van der Waals surface area contributed by atoms with Crippen LogP contribution in [0.1, 0.15) is 27.0 Å². The van der Waals surface area contributed by atoms with Crippen molar-refractivity contribution in [1.82, 2.24) is 4.90 Å². The maximum atomic E-state index is 14.4. The lowest BCUT2D eigenvalue weighted by molar-refractivity contribution is 0.0724. The maximum absolute atomic E-state index is 14.4. The highest BCUT2D eigenvalue weighted by molar-refractivity contribution is 7.22. The fourth-order valence-corrected chi connectivity index (χ4v) is 7.57. The monoisotopic (exact) mass is 698 g/mol. The van der Waals surface area contributed by atoms with E-state index < -0.39 is 0 Å². The van der Waals surface area contributed by atoms with Crippen LogP contribution in [0.25, 0.3) is 20.5 Å². The summed E-state index contributed by atoms with van der Waals surface area (Å²) in [6.07, 6.45) is 0. The van der Waals surface area contributed by atoms with Gasteiger partial charge in [-0.3, -0.25) is 9.69 Å². The summed E-state index contributed by atoms with van der Waals surface area (Å²) >= 11 is 1.61. The molecular formula is C43H42N2O5S. The molecule has 0 unspecified atom stereocenters. The summed E-state index contributed by atoms with van der Waals surface area (Å²) in [6.45, 7) is 6.60. The van der Waals surface area contributed by atoms with Crippen LogP contribution in [0, 0.1) is 0 Å². The summed E-state index contributed by atoms with van der Waals surface area (Å²) in [5.41, 5.74) is 5.65. The van der Waals surface area contributed by atoms with Crippen LogP contribution in [0.15, 0.2) is 127 Å². The minimum absolute atomic E-state index is 0.00198. The smallest absolute Gasteiger partial charge is 0.195 e. The number of ether oxygens (including phenoxy) is 3. The standard InChI is InChI=1S/C43H42N2O5S/c46-26-28-48-27-25-44-21-23-45(24-22-44)36-15-11-34(12-16-36)42(47)41-39-20-19-38(50-31-33-9-5-2-6-10-33)29-40(39)51-43(41)35-13-17-37(18-14-35)49-30-32-7-3-1-4-8-32/h1-20,29,46H,21-28,30-31H2. The summed E-state index contributed by atoms with van der Waals surface area (Å²) in [6, 6.07) is 42.3. The molecule has 1 N–H and O–H groups in total. The number of nitrogens with zero attached hydrogens (tertiary/aromatic N) is 2. The van der Waals surface area contributed by atoms with Gasteiger partial charge in [0, 0.05) is 64.5 Å². The van der Waals surface area contributed by atoms with Crippen LogP contribution in [0.2, 0.25) is 0 Å². The molecule has 7 rings (SSSR count). The number of aliphatic hydroxyl groups excluding tert-OH is 1. The van der Waals surface area contributed by atoms with Crippen molar-refractivity contribution < 1.29 is 24.1 Å². The lowest BCUT2D eigenvalue weighted by Gasteiger charge is -2.36. The van der Waals surface area contributed by atoms with Gasteiger partial charge in [0.1, 0.15) is 24.7 Å². The van der Waals surface area contributed by atoms with E-state index in [2.05, 4.69) is 34.1 Å². The largest absolute Gasteiger partial charge is 0.489 e. The number of anilines is 1. The number of fused-ring (bicyclic) bond motifs is 1. The van der Waals surface area contributed by atoms with Crippen LogP contribution in [-0.2, 0) is 18.0 Å². The van der Waals surface area contributed by atoms with E-state index in [1.54, 1.807) is 11.3 Å². The molecule has 0 bridgehead atoms. The van der Waals surface area contributed by atoms with Crippen molar-refractivity contribution in [2.24, 2.45) is 0 Å². The number of thiophene rings is 1. The molecule has 0 amide bonds. The third-order valence-corrected chi connectivity index (χ3v) is 10.4. The summed E-state index contributed by atoms with van der Waals surface area (Å²) in [5.74, 6) is 1.54. The lowest BCUT2D eigenvalue weighted by Crippen LogP contribution is -2.47. The van der Waals surface area contributed by atoms with Gasteiger partial charge in [0.2, 0.25) is 0 Å². The van der Waals surface area contributed by atoms with E-state index in [0.29, 0.717) is 37.6 Å². The van der Waals surface area contributed by atoms with Crippen LogP contribution in [0.4, 0.5) is 5.69 Å². The van der Waals surface area contributed by atoms with Gasteiger partial charge in [0.05, 0.1) is 19.8 Å². The molecule has 260 valence electrons. The van der Waals surface area contributed by atoms with Crippen molar-refractivity contribution in [2.75, 3.05) is 57.4 Å². The minimum atomic E-state index is -0.00198. The molecule has 1 aromatic heterocycles. The van der Waals surface area contributed by atoms with E-state index in [4.69, 9.17) is 19.3 Å². The maximum Gasteiger partial charge on any atom is 0.195 e. The third-order valence-electron chi connectivity index (χ3n) is 9.16. The minimum Gasteiger partial charge on any atom is -0.489 e. The highest BCUT2D eigenvalue weighted by atomic mass is 32.1. The van der Waals surface area contributed by atoms with Crippen LogP contribution in [0.5, 0.6) is 11.5 Å². The first-order valence-corrected chi connectivity index (χ1v) is 18.3. The Bertz CT molecular complexity index is 2010. The number of piperazine rings is 1. The zero-order valence-electron chi connectivity index (χ0n) is 28.6. The van der Waals surface area contributed by atoms with E-state index >= 15 is 0 Å². The van der Waals surface area contributed by atoms with Gasteiger partial charge in [-0.1, -0.05) is 60.7 Å². The van der Waals surface area contributed by atoms with Gasteiger partial charge in [-0.05, 0) is 83.4 Å². The Labute approximate surface area is 303 Å². The summed E-state index contributed by atoms with van der Waals surface area (Å²) in [5, 5.41) is 9.84. The Hall–Kier alpha value is -4.99. The van der Waals surface area contributed by atoms with Crippen LogP contribution in [0.3, 0.4) is 0 Å². The SMILES string of the molecule is O=C(c1ccc(N2CCN(CCOCCO)CC2)cc1)c1c(-c2ccc(OCc3ccccc3)cc2)sc2cc(OCc3ccccc3)ccc12. The predicted octanol–water partition coefficient (Wildman–Crippen LogP) is 8.09. The van der Waals surface area contributed by atoms with Crippen molar-refractivity contribution in [1.29, 1.82) is 0 Å². The molecule has 0 aliphatic carbocycles. The molecule has 1 aliphatic rings. The molecule has 51 heavy (non-hydrogen) atoms. The number of benzene rings is 5. The molecule has 1 aliphatic heterocycles. The number of aliphatic hydroxyl groups is 1. The van der Waals surface area contributed by atoms with E-state index in [1.807, 2.05) is 103 Å². The van der Waals surface area contributed by atoms with Gasteiger partial charge in [0.25, 0.3) is 0 Å². The molecule has 0 radical (unpaired) electrons. The average molecular weight is 699 g/mol. The van der Waals surface area contributed by atoms with E-state index in [1.165, 1.54) is 0 Å². The molecular weight excluding hydrogens is 657 g/mol. The Kier molecular flexibility index (Phi) is 11.4. The topological polar surface area (TPSA) is 71.5 Å². The number of carbonyl (C=O) groups is 1. The van der Waals surface area contributed by atoms with Crippen LogP contribution < -0.4 is 14.4 Å². The molecule has 0 spiro atoms. The molecule has 6 aromatic rings. The van der Waals surface area contributed by atoms with Gasteiger partial charge in [-0.2, -0.15) is 0 Å². The van der Waals surface area contributed by atoms with Crippen molar-refractivity contribution in [3.63, 3.8) is 0 Å². The second-order valence-electron chi connectivity index (χ2n) is 12.6. The summed E-state index contributed by atoms with van der Waals surface area (Å²) in [7, 11) is 0. The fraction of sp³-hybridized carbons (Fsp3) is 0.233. The highest BCUT2D eigenvalue weighted by Gasteiger charge is 2.23. The third kappa shape index (κ3) is 8.67. The number of hydrogen-bond donors (Lipinski definition) is 1. The number of hydrogen-bond acceptors (Lipinski definition) is 8. The molecule has 0 saturated carbocycles. The number of rotatable bonds is 15. The first kappa shape index (κ1) is 34.5. The average Bonchev–Trinajstić information content (AvgIpc) is 3.58. The number of carbonyl (C=O) groups excluding carboxylic acids is 1. The van der Waals surface area contributed by atoms with Gasteiger partial charge in [0.15, 0.2) is 5.78 Å². The van der Waals surface area contributed by atoms with E-state index in [0.717, 1.165) is 81.6 Å². The van der Waals surface area contributed by atoms with E-state index in [-0.39, 0.29) is 12.4 Å². The molecule has 0 atom stereocenters. The van der Waals surface area contributed by atoms with E-state index in [9.17, 15) is 4.79 Å². The first-order valence-electron chi connectivity index (χ1n) is 17.5.